The van der Waals surface area contributed by atoms with Crippen LogP contribution in [0.25, 0.3) is 0 Å². The maximum atomic E-state index is 13.7. The highest BCUT2D eigenvalue weighted by molar-refractivity contribution is 5.80. The van der Waals surface area contributed by atoms with Crippen molar-refractivity contribution in [1.82, 2.24) is 15.5 Å². The molecular formula is C19H31FN4. The fourth-order valence-corrected chi connectivity index (χ4v) is 3.01. The van der Waals surface area contributed by atoms with Gasteiger partial charge in [0.2, 0.25) is 0 Å². The third-order valence-electron chi connectivity index (χ3n) is 4.69. The van der Waals surface area contributed by atoms with E-state index in [1.807, 2.05) is 6.07 Å². The number of nitrogens with one attached hydrogen (secondary N) is 2. The Bertz CT molecular complexity index is 570. The molecule has 1 aliphatic rings. The number of guanidine groups is 1. The van der Waals surface area contributed by atoms with Gasteiger partial charge in [-0.3, -0.25) is 4.90 Å². The molecule has 2 N–H and O–H groups in total. The first-order chi connectivity index (χ1) is 11.4. The number of aryl methyl sites for hydroxylation is 1. The van der Waals surface area contributed by atoms with Crippen LogP contribution >= 0.6 is 0 Å². The number of aliphatic imine (C=N–C) groups is 1. The summed E-state index contributed by atoms with van der Waals surface area (Å²) in [5.74, 6) is 1.21. The number of halogens is 1. The summed E-state index contributed by atoms with van der Waals surface area (Å²) in [6.45, 7) is 14.0. The van der Waals surface area contributed by atoms with Crippen molar-refractivity contribution in [2.75, 3.05) is 19.6 Å². The average Bonchev–Trinajstić information content (AvgIpc) is 2.90. The van der Waals surface area contributed by atoms with Gasteiger partial charge in [-0.25, -0.2) is 9.38 Å². The van der Waals surface area contributed by atoms with Crippen molar-refractivity contribution in [3.63, 3.8) is 0 Å². The standard InChI is InChI=1S/C19H31FN4/c1-6-21-19(22-10-16-8-7-14(4)17(20)9-16)23-18-12-24(13(2)3)11-15(18)5/h7-9,13,15,18H,6,10-12H2,1-5H3,(H2,21,22,23). The largest absolute Gasteiger partial charge is 0.357 e. The van der Waals surface area contributed by atoms with E-state index in [4.69, 9.17) is 0 Å². The highest BCUT2D eigenvalue weighted by atomic mass is 19.1. The second-order valence-corrected chi connectivity index (χ2v) is 7.05. The van der Waals surface area contributed by atoms with Crippen LogP contribution in [0, 0.1) is 18.7 Å². The van der Waals surface area contributed by atoms with Crippen LogP contribution in [0.3, 0.4) is 0 Å². The Balaban J connectivity index is 2.01. The van der Waals surface area contributed by atoms with Gasteiger partial charge in [-0.05, 0) is 50.8 Å². The highest BCUT2D eigenvalue weighted by Crippen LogP contribution is 2.18. The molecule has 2 atom stereocenters. The minimum absolute atomic E-state index is 0.169. The number of rotatable bonds is 5. The topological polar surface area (TPSA) is 39.7 Å². The summed E-state index contributed by atoms with van der Waals surface area (Å²) in [6, 6.07) is 6.26. The maximum Gasteiger partial charge on any atom is 0.191 e. The average molecular weight is 334 g/mol. The zero-order valence-corrected chi connectivity index (χ0v) is 15.6. The van der Waals surface area contributed by atoms with E-state index in [2.05, 4.69) is 48.2 Å². The summed E-state index contributed by atoms with van der Waals surface area (Å²) in [6.07, 6.45) is 0. The van der Waals surface area contributed by atoms with Gasteiger partial charge in [-0.1, -0.05) is 19.1 Å². The predicted octanol–water partition coefficient (Wildman–Crippen LogP) is 2.92. The van der Waals surface area contributed by atoms with Gasteiger partial charge in [0, 0.05) is 31.7 Å². The first-order valence-electron chi connectivity index (χ1n) is 8.94. The molecule has 0 aromatic heterocycles. The molecule has 0 spiro atoms. The molecule has 0 radical (unpaired) electrons. The van der Waals surface area contributed by atoms with Crippen molar-refractivity contribution in [2.24, 2.45) is 10.9 Å². The summed E-state index contributed by atoms with van der Waals surface area (Å²) in [7, 11) is 0. The summed E-state index contributed by atoms with van der Waals surface area (Å²) in [5.41, 5.74) is 1.56. The summed E-state index contributed by atoms with van der Waals surface area (Å²) < 4.78 is 13.7. The second kappa shape index (κ2) is 8.47. The maximum absolute atomic E-state index is 13.7. The molecule has 1 heterocycles. The van der Waals surface area contributed by atoms with Crippen LogP contribution in [0.2, 0.25) is 0 Å². The van der Waals surface area contributed by atoms with Crippen molar-refractivity contribution in [1.29, 1.82) is 0 Å². The minimum atomic E-state index is -0.169. The molecule has 0 saturated carbocycles. The number of hydrogen-bond acceptors (Lipinski definition) is 2. The van der Waals surface area contributed by atoms with Gasteiger partial charge in [0.05, 0.1) is 6.54 Å². The van der Waals surface area contributed by atoms with Gasteiger partial charge in [-0.2, -0.15) is 0 Å². The van der Waals surface area contributed by atoms with Crippen LogP contribution in [-0.2, 0) is 6.54 Å². The van der Waals surface area contributed by atoms with Crippen molar-refractivity contribution in [3.05, 3.63) is 35.1 Å². The third kappa shape index (κ3) is 4.94. The molecule has 1 aliphatic heterocycles. The van der Waals surface area contributed by atoms with Gasteiger partial charge in [0.15, 0.2) is 5.96 Å². The predicted molar refractivity (Wildman–Crippen MR) is 98.7 cm³/mol. The Kier molecular flexibility index (Phi) is 6.60. The Morgan fingerprint density at radius 1 is 1.38 bits per heavy atom. The Morgan fingerprint density at radius 2 is 2.12 bits per heavy atom. The van der Waals surface area contributed by atoms with Gasteiger partial charge in [0.25, 0.3) is 0 Å². The van der Waals surface area contributed by atoms with Crippen LogP contribution in [0.15, 0.2) is 23.2 Å². The molecule has 4 nitrogen and oxygen atoms in total. The van der Waals surface area contributed by atoms with E-state index < -0.39 is 0 Å². The lowest BCUT2D eigenvalue weighted by atomic mass is 10.1. The van der Waals surface area contributed by atoms with E-state index in [0.717, 1.165) is 31.2 Å². The number of benzene rings is 1. The van der Waals surface area contributed by atoms with E-state index in [1.54, 1.807) is 19.1 Å². The quantitative estimate of drug-likeness (QED) is 0.642. The molecule has 0 bridgehead atoms. The lowest BCUT2D eigenvalue weighted by Crippen LogP contribution is -2.46. The van der Waals surface area contributed by atoms with Gasteiger partial charge in [0.1, 0.15) is 5.82 Å². The van der Waals surface area contributed by atoms with E-state index in [-0.39, 0.29) is 5.82 Å². The zero-order valence-electron chi connectivity index (χ0n) is 15.6. The van der Waals surface area contributed by atoms with Crippen LogP contribution in [0.4, 0.5) is 4.39 Å². The molecule has 24 heavy (non-hydrogen) atoms. The van der Waals surface area contributed by atoms with E-state index in [1.165, 1.54) is 0 Å². The molecule has 0 amide bonds. The normalized spacial score (nSPS) is 22.2. The van der Waals surface area contributed by atoms with E-state index >= 15 is 0 Å². The highest BCUT2D eigenvalue weighted by Gasteiger charge is 2.31. The van der Waals surface area contributed by atoms with Crippen molar-refractivity contribution in [2.45, 2.75) is 53.2 Å². The van der Waals surface area contributed by atoms with Crippen LogP contribution in [-0.4, -0.2) is 42.6 Å². The Morgan fingerprint density at radius 3 is 2.71 bits per heavy atom. The molecule has 2 unspecified atom stereocenters. The van der Waals surface area contributed by atoms with Gasteiger partial charge in [-0.15, -0.1) is 0 Å². The van der Waals surface area contributed by atoms with Crippen LogP contribution in [0.5, 0.6) is 0 Å². The molecule has 5 heteroatoms. The van der Waals surface area contributed by atoms with Crippen LogP contribution < -0.4 is 10.6 Å². The van der Waals surface area contributed by atoms with Gasteiger partial charge < -0.3 is 10.6 Å². The fourth-order valence-electron chi connectivity index (χ4n) is 3.01. The first kappa shape index (κ1) is 18.7. The zero-order chi connectivity index (χ0) is 17.7. The van der Waals surface area contributed by atoms with E-state index in [9.17, 15) is 4.39 Å². The molecule has 134 valence electrons. The van der Waals surface area contributed by atoms with Crippen molar-refractivity contribution >= 4 is 5.96 Å². The lowest BCUT2D eigenvalue weighted by molar-refractivity contribution is 0.265. The molecule has 0 aliphatic carbocycles. The lowest BCUT2D eigenvalue weighted by Gasteiger charge is -2.22. The molecule has 1 aromatic carbocycles. The number of nitrogens with zero attached hydrogens (tertiary/aromatic N) is 2. The second-order valence-electron chi connectivity index (χ2n) is 7.05. The minimum Gasteiger partial charge on any atom is -0.357 e. The monoisotopic (exact) mass is 334 g/mol. The van der Waals surface area contributed by atoms with E-state index in [0.29, 0.717) is 30.1 Å². The summed E-state index contributed by atoms with van der Waals surface area (Å²) in [5, 5.41) is 6.85. The molecule has 1 aromatic rings. The number of hydrogen-bond donors (Lipinski definition) is 2. The number of likely N-dealkylation sites (tertiary alicyclic amines) is 1. The molecule has 1 fully saturated rings. The first-order valence-corrected chi connectivity index (χ1v) is 8.94. The molecular weight excluding hydrogens is 303 g/mol. The smallest absolute Gasteiger partial charge is 0.191 e. The third-order valence-corrected chi connectivity index (χ3v) is 4.69. The Hall–Kier alpha value is -1.62. The molecule has 1 saturated heterocycles. The van der Waals surface area contributed by atoms with Crippen LogP contribution in [0.1, 0.15) is 38.8 Å². The summed E-state index contributed by atoms with van der Waals surface area (Å²) in [4.78, 5) is 7.12. The van der Waals surface area contributed by atoms with Crippen molar-refractivity contribution < 1.29 is 4.39 Å². The fraction of sp³-hybridized carbons (Fsp3) is 0.632. The molecule has 2 rings (SSSR count). The van der Waals surface area contributed by atoms with Crippen molar-refractivity contribution in [3.8, 4) is 0 Å². The SMILES string of the molecule is CCNC(=NCc1ccc(C)c(F)c1)NC1CN(C(C)C)CC1C. The summed E-state index contributed by atoms with van der Waals surface area (Å²) >= 11 is 0. The Labute approximate surface area is 145 Å². The van der Waals surface area contributed by atoms with Gasteiger partial charge >= 0.3 is 0 Å².